The maximum atomic E-state index is 12.7. The van der Waals surface area contributed by atoms with Crippen molar-refractivity contribution in [3.63, 3.8) is 0 Å². The van der Waals surface area contributed by atoms with Crippen LogP contribution in [0.4, 0.5) is 13.2 Å². The Morgan fingerprint density at radius 1 is 1.21 bits per heavy atom. The Labute approximate surface area is 109 Å². The van der Waals surface area contributed by atoms with Gasteiger partial charge < -0.3 is 13.8 Å². The second kappa shape index (κ2) is 7.67. The van der Waals surface area contributed by atoms with Gasteiger partial charge in [0.25, 0.3) is 0 Å². The summed E-state index contributed by atoms with van der Waals surface area (Å²) in [4.78, 5) is 10.9. The number of allylic oxidation sites excluding steroid dienone is 1. The molecule has 0 bridgehead atoms. The largest absolute Gasteiger partial charge is 0.466 e. The van der Waals surface area contributed by atoms with Crippen LogP contribution in [-0.2, 0) is 23.1 Å². The third-order valence-corrected chi connectivity index (χ3v) is 3.90. The lowest BCUT2D eigenvalue weighted by atomic mass is 10.3. The summed E-state index contributed by atoms with van der Waals surface area (Å²) in [6, 6.07) is 0. The molecule has 0 aliphatic heterocycles. The summed E-state index contributed by atoms with van der Waals surface area (Å²) in [5.41, 5.74) is -1.32. The van der Waals surface area contributed by atoms with E-state index in [-0.39, 0.29) is 19.3 Å². The first-order chi connectivity index (χ1) is 8.68. The monoisotopic (exact) mass is 304 g/mol. The highest BCUT2D eigenvalue weighted by Gasteiger charge is 2.40. The van der Waals surface area contributed by atoms with E-state index in [4.69, 9.17) is 9.05 Å². The van der Waals surface area contributed by atoms with Crippen molar-refractivity contribution in [2.75, 3.05) is 26.5 Å². The minimum atomic E-state index is -4.82. The number of carbonyl (C=O) groups excluding carboxylic acids is 1. The summed E-state index contributed by atoms with van der Waals surface area (Å²) >= 11 is 0. The number of halogens is 3. The van der Waals surface area contributed by atoms with Crippen molar-refractivity contribution in [2.45, 2.75) is 20.0 Å². The van der Waals surface area contributed by atoms with Crippen LogP contribution in [-0.4, -0.2) is 38.6 Å². The lowest BCUT2D eigenvalue weighted by Gasteiger charge is -2.19. The summed E-state index contributed by atoms with van der Waals surface area (Å²) in [6.07, 6.45) is -5.62. The molecule has 0 aliphatic carbocycles. The van der Waals surface area contributed by atoms with E-state index in [0.29, 0.717) is 0 Å². The second-order valence-corrected chi connectivity index (χ2v) is 5.35. The fourth-order valence-electron chi connectivity index (χ4n) is 1.15. The van der Waals surface area contributed by atoms with E-state index >= 15 is 0 Å². The van der Waals surface area contributed by atoms with Crippen LogP contribution in [0.2, 0.25) is 0 Å². The number of rotatable bonds is 7. The molecule has 0 heterocycles. The standard InChI is InChI=1S/C10H16F3O5P/c1-4-17-19(15,18-5-2)7-8(10(11,12)13)6-9(14)16-3/h6H,4-5,7H2,1-3H3/b8-6+. The number of ether oxygens (including phenoxy) is 1. The SMILES string of the molecule is CCOP(=O)(C/C(=C\C(=O)OC)C(F)(F)F)OCC. The summed E-state index contributed by atoms with van der Waals surface area (Å²) in [5.74, 6) is -1.19. The zero-order valence-corrected chi connectivity index (χ0v) is 11.7. The normalized spacial score (nSPS) is 13.5. The van der Waals surface area contributed by atoms with Gasteiger partial charge in [0.15, 0.2) is 0 Å². The summed E-state index contributed by atoms with van der Waals surface area (Å²) in [6.45, 7) is 2.81. The molecule has 0 fully saturated rings. The van der Waals surface area contributed by atoms with Gasteiger partial charge in [-0.15, -0.1) is 0 Å². The molecule has 112 valence electrons. The molecular formula is C10H16F3O5P. The molecule has 5 nitrogen and oxygen atoms in total. The van der Waals surface area contributed by atoms with Gasteiger partial charge in [-0.2, -0.15) is 13.2 Å². The zero-order valence-electron chi connectivity index (χ0n) is 10.8. The highest BCUT2D eigenvalue weighted by Crippen LogP contribution is 2.51. The van der Waals surface area contributed by atoms with E-state index in [1.165, 1.54) is 13.8 Å². The number of carbonyl (C=O) groups is 1. The van der Waals surface area contributed by atoms with Gasteiger partial charge in [-0.25, -0.2) is 4.79 Å². The van der Waals surface area contributed by atoms with E-state index in [2.05, 4.69) is 4.74 Å². The van der Waals surface area contributed by atoms with Crippen molar-refractivity contribution in [1.82, 2.24) is 0 Å². The molecule has 0 radical (unpaired) electrons. The molecule has 0 rings (SSSR count). The Morgan fingerprint density at radius 3 is 2.00 bits per heavy atom. The first-order valence-corrected chi connectivity index (χ1v) is 7.15. The predicted molar refractivity (Wildman–Crippen MR) is 61.9 cm³/mol. The lowest BCUT2D eigenvalue weighted by Crippen LogP contribution is -2.18. The van der Waals surface area contributed by atoms with Crippen LogP contribution in [0.15, 0.2) is 11.6 Å². The molecule has 0 aromatic rings. The van der Waals surface area contributed by atoms with Crippen molar-refractivity contribution in [3.05, 3.63) is 11.6 Å². The van der Waals surface area contributed by atoms with Gasteiger partial charge in [0.2, 0.25) is 0 Å². The Hall–Kier alpha value is -0.850. The minimum absolute atomic E-state index is 0.0688. The summed E-state index contributed by atoms with van der Waals surface area (Å²) in [5, 5.41) is 0. The summed E-state index contributed by atoms with van der Waals surface area (Å²) < 4.78 is 63.8. The molecular weight excluding hydrogens is 288 g/mol. The van der Waals surface area contributed by atoms with Crippen LogP contribution in [0.25, 0.3) is 0 Å². The molecule has 19 heavy (non-hydrogen) atoms. The van der Waals surface area contributed by atoms with E-state index in [0.717, 1.165) is 7.11 Å². The highest BCUT2D eigenvalue weighted by molar-refractivity contribution is 7.54. The maximum absolute atomic E-state index is 12.7. The van der Waals surface area contributed by atoms with Gasteiger partial charge in [0.05, 0.1) is 32.1 Å². The van der Waals surface area contributed by atoms with Gasteiger partial charge in [0.1, 0.15) is 0 Å². The van der Waals surface area contributed by atoms with Gasteiger partial charge in [-0.3, -0.25) is 4.57 Å². The van der Waals surface area contributed by atoms with Crippen LogP contribution in [0, 0.1) is 0 Å². The Morgan fingerprint density at radius 2 is 1.68 bits per heavy atom. The van der Waals surface area contributed by atoms with Crippen LogP contribution >= 0.6 is 7.60 Å². The Bertz CT molecular complexity index is 368. The molecule has 0 saturated heterocycles. The molecule has 0 saturated carbocycles. The lowest BCUT2D eigenvalue weighted by molar-refractivity contribution is -0.136. The highest BCUT2D eigenvalue weighted by atomic mass is 31.2. The number of alkyl halides is 3. The van der Waals surface area contributed by atoms with Crippen molar-refractivity contribution < 1.29 is 36.3 Å². The van der Waals surface area contributed by atoms with Crippen molar-refractivity contribution in [2.24, 2.45) is 0 Å². The Balaban J connectivity index is 5.25. The predicted octanol–water partition coefficient (Wildman–Crippen LogP) is 2.91. The van der Waals surface area contributed by atoms with Crippen molar-refractivity contribution in [3.8, 4) is 0 Å². The molecule has 0 amide bonds. The Kier molecular flexibility index (Phi) is 7.33. The van der Waals surface area contributed by atoms with E-state index < -0.39 is 31.5 Å². The fraction of sp³-hybridized carbons (Fsp3) is 0.700. The van der Waals surface area contributed by atoms with Gasteiger partial charge in [-0.05, 0) is 13.8 Å². The van der Waals surface area contributed by atoms with Gasteiger partial charge >= 0.3 is 19.7 Å². The van der Waals surface area contributed by atoms with Crippen LogP contribution in [0.1, 0.15) is 13.8 Å². The summed E-state index contributed by atoms with van der Waals surface area (Å²) in [7, 11) is -2.99. The molecule has 0 aliphatic rings. The van der Waals surface area contributed by atoms with E-state index in [9.17, 15) is 22.5 Å². The van der Waals surface area contributed by atoms with Crippen LogP contribution in [0.3, 0.4) is 0 Å². The first-order valence-electron chi connectivity index (χ1n) is 5.42. The van der Waals surface area contributed by atoms with Crippen LogP contribution in [0.5, 0.6) is 0 Å². The minimum Gasteiger partial charge on any atom is -0.466 e. The van der Waals surface area contributed by atoms with Crippen molar-refractivity contribution >= 4 is 13.6 Å². The third kappa shape index (κ3) is 6.75. The van der Waals surface area contributed by atoms with E-state index in [1.54, 1.807) is 0 Å². The maximum Gasteiger partial charge on any atom is 0.413 e. The molecule has 0 spiro atoms. The number of hydrogen-bond donors (Lipinski definition) is 0. The molecule has 0 aromatic carbocycles. The second-order valence-electron chi connectivity index (χ2n) is 3.30. The third-order valence-electron chi connectivity index (χ3n) is 1.87. The van der Waals surface area contributed by atoms with Crippen molar-refractivity contribution in [1.29, 1.82) is 0 Å². The van der Waals surface area contributed by atoms with Gasteiger partial charge in [-0.1, -0.05) is 0 Å². The van der Waals surface area contributed by atoms with Gasteiger partial charge in [0, 0.05) is 6.08 Å². The quantitative estimate of drug-likeness (QED) is 0.411. The molecule has 0 unspecified atom stereocenters. The zero-order chi connectivity index (χ0) is 15.1. The number of esters is 1. The smallest absolute Gasteiger partial charge is 0.413 e. The fourth-order valence-corrected chi connectivity index (χ4v) is 2.88. The molecule has 0 N–H and O–H groups in total. The number of methoxy groups -OCH3 is 1. The van der Waals surface area contributed by atoms with E-state index in [1.807, 2.05) is 0 Å². The van der Waals surface area contributed by atoms with Crippen LogP contribution < -0.4 is 0 Å². The topological polar surface area (TPSA) is 61.8 Å². The molecule has 0 aromatic heterocycles. The number of hydrogen-bond acceptors (Lipinski definition) is 5. The first kappa shape index (κ1) is 18.1. The molecule has 0 atom stereocenters. The average Bonchev–Trinajstić information content (AvgIpc) is 2.27. The average molecular weight is 304 g/mol. The molecule has 9 heteroatoms.